The first-order valence-electron chi connectivity index (χ1n) is 9.00. The molecular formula is C19H21N3O3S2. The average molecular weight is 404 g/mol. The second-order valence-electron chi connectivity index (χ2n) is 6.84. The number of amides is 1. The van der Waals surface area contributed by atoms with E-state index in [1.54, 1.807) is 23.7 Å². The highest BCUT2D eigenvalue weighted by Crippen LogP contribution is 2.37. The van der Waals surface area contributed by atoms with Gasteiger partial charge in [0.05, 0.1) is 22.9 Å². The second-order valence-corrected chi connectivity index (χ2v) is 9.27. The Morgan fingerprint density at radius 2 is 2.37 bits per heavy atom. The van der Waals surface area contributed by atoms with Gasteiger partial charge in [-0.2, -0.15) is 0 Å². The Kier molecular flexibility index (Phi) is 5.36. The number of hydrogen-bond acceptors (Lipinski definition) is 7. The quantitative estimate of drug-likeness (QED) is 0.618. The summed E-state index contributed by atoms with van der Waals surface area (Å²) in [4.78, 5) is 14.7. The molecule has 142 valence electrons. The third-order valence-electron chi connectivity index (χ3n) is 4.61. The zero-order chi connectivity index (χ0) is 18.8. The van der Waals surface area contributed by atoms with Crippen LogP contribution in [0.2, 0.25) is 0 Å². The molecule has 1 aliphatic rings. The lowest BCUT2D eigenvalue weighted by Gasteiger charge is -2.16. The Hall–Kier alpha value is -2.06. The van der Waals surface area contributed by atoms with Crippen LogP contribution in [0.4, 0.5) is 0 Å². The molecule has 4 rings (SSSR count). The van der Waals surface area contributed by atoms with E-state index >= 15 is 0 Å². The highest BCUT2D eigenvalue weighted by atomic mass is 32.2. The molecule has 3 aromatic rings. The number of rotatable bonds is 6. The number of aromatic nitrogens is 2. The van der Waals surface area contributed by atoms with Crippen LogP contribution in [0.5, 0.6) is 0 Å². The van der Waals surface area contributed by atoms with Gasteiger partial charge in [-0.25, -0.2) is 0 Å². The molecule has 3 heterocycles. The summed E-state index contributed by atoms with van der Waals surface area (Å²) in [5.74, 6) is 1.88. The van der Waals surface area contributed by atoms with Crippen molar-refractivity contribution in [3.05, 3.63) is 40.7 Å². The fourth-order valence-corrected chi connectivity index (χ4v) is 4.94. The first-order chi connectivity index (χ1) is 13.1. The molecule has 27 heavy (non-hydrogen) atoms. The van der Waals surface area contributed by atoms with Crippen LogP contribution in [0, 0.1) is 5.92 Å². The maximum Gasteiger partial charge on any atom is 0.277 e. The Labute approximate surface area is 165 Å². The van der Waals surface area contributed by atoms with Crippen molar-refractivity contribution in [2.45, 2.75) is 50.1 Å². The lowest BCUT2D eigenvalue weighted by molar-refractivity contribution is -0.120. The summed E-state index contributed by atoms with van der Waals surface area (Å²) < 4.78 is 11.0. The van der Waals surface area contributed by atoms with Crippen molar-refractivity contribution >= 4 is 29.0 Å². The Morgan fingerprint density at radius 1 is 1.48 bits per heavy atom. The molecular weight excluding hydrogens is 382 g/mol. The summed E-state index contributed by atoms with van der Waals surface area (Å²) in [6, 6.07) is 5.80. The Bertz CT molecular complexity index is 917. The van der Waals surface area contributed by atoms with Gasteiger partial charge < -0.3 is 14.2 Å². The number of carbonyl (C=O) groups excluding carboxylic acids is 1. The lowest BCUT2D eigenvalue weighted by Crippen LogP contribution is -2.30. The number of furan rings is 1. The molecule has 0 radical (unpaired) electrons. The van der Waals surface area contributed by atoms with Crippen molar-refractivity contribution in [2.75, 3.05) is 0 Å². The highest BCUT2D eigenvalue weighted by molar-refractivity contribution is 8.00. The molecule has 1 aliphatic carbocycles. The van der Waals surface area contributed by atoms with Gasteiger partial charge in [-0.05, 0) is 55.9 Å². The molecule has 0 bridgehead atoms. The fourth-order valence-electron chi connectivity index (χ4n) is 3.10. The van der Waals surface area contributed by atoms with Gasteiger partial charge in [-0.3, -0.25) is 4.79 Å². The number of carbonyl (C=O) groups is 1. The Morgan fingerprint density at radius 3 is 3.19 bits per heavy atom. The number of thioether (sulfide) groups is 1. The van der Waals surface area contributed by atoms with Gasteiger partial charge in [0.25, 0.3) is 11.1 Å². The van der Waals surface area contributed by atoms with E-state index in [0.717, 1.165) is 29.4 Å². The number of nitrogens with one attached hydrogen (secondary N) is 1. The molecule has 0 aliphatic heterocycles. The maximum atomic E-state index is 12.2. The van der Waals surface area contributed by atoms with E-state index in [1.165, 1.54) is 28.6 Å². The summed E-state index contributed by atoms with van der Waals surface area (Å²) in [6.45, 7) is 4.47. The van der Waals surface area contributed by atoms with E-state index in [2.05, 4.69) is 28.5 Å². The van der Waals surface area contributed by atoms with Crippen molar-refractivity contribution in [1.29, 1.82) is 0 Å². The zero-order valence-corrected chi connectivity index (χ0v) is 16.9. The number of thiophene rings is 1. The van der Waals surface area contributed by atoms with Crippen molar-refractivity contribution < 1.29 is 13.6 Å². The van der Waals surface area contributed by atoms with Crippen LogP contribution in [0.25, 0.3) is 10.8 Å². The van der Waals surface area contributed by atoms with Gasteiger partial charge in [-0.1, -0.05) is 18.7 Å². The summed E-state index contributed by atoms with van der Waals surface area (Å²) in [5.41, 5.74) is 1.41. The van der Waals surface area contributed by atoms with E-state index in [1.807, 2.05) is 13.0 Å². The second kappa shape index (κ2) is 7.90. The van der Waals surface area contributed by atoms with E-state index in [4.69, 9.17) is 8.83 Å². The third-order valence-corrected chi connectivity index (χ3v) is 6.77. The van der Waals surface area contributed by atoms with Crippen molar-refractivity contribution in [2.24, 2.45) is 5.92 Å². The number of aryl methyl sites for hydroxylation is 1. The SMILES string of the molecule is C[C@@H]1CCc2sc(-c3nnc(S[C@@H](C)C(=O)NCc4ccco4)o3)cc2C1. The molecule has 0 unspecified atom stereocenters. The van der Waals surface area contributed by atoms with Crippen molar-refractivity contribution in [3.8, 4) is 10.8 Å². The molecule has 0 saturated carbocycles. The summed E-state index contributed by atoms with van der Waals surface area (Å²) in [7, 11) is 0. The molecule has 0 fully saturated rings. The van der Waals surface area contributed by atoms with E-state index in [9.17, 15) is 4.79 Å². The van der Waals surface area contributed by atoms with Gasteiger partial charge in [-0.15, -0.1) is 21.5 Å². The van der Waals surface area contributed by atoms with Crippen molar-refractivity contribution in [1.82, 2.24) is 15.5 Å². The minimum Gasteiger partial charge on any atom is -0.467 e. The maximum absolute atomic E-state index is 12.2. The van der Waals surface area contributed by atoms with Crippen LogP contribution in [-0.4, -0.2) is 21.4 Å². The zero-order valence-electron chi connectivity index (χ0n) is 15.2. The number of nitrogens with zero attached hydrogens (tertiary/aromatic N) is 2. The van der Waals surface area contributed by atoms with E-state index < -0.39 is 0 Å². The van der Waals surface area contributed by atoms with Crippen LogP contribution in [-0.2, 0) is 24.2 Å². The van der Waals surface area contributed by atoms with Gasteiger partial charge >= 0.3 is 0 Å². The van der Waals surface area contributed by atoms with E-state index in [0.29, 0.717) is 17.7 Å². The van der Waals surface area contributed by atoms with Crippen LogP contribution >= 0.6 is 23.1 Å². The number of fused-ring (bicyclic) bond motifs is 1. The highest BCUT2D eigenvalue weighted by Gasteiger charge is 2.22. The smallest absolute Gasteiger partial charge is 0.277 e. The van der Waals surface area contributed by atoms with Gasteiger partial charge in [0.2, 0.25) is 5.91 Å². The molecule has 3 aromatic heterocycles. The average Bonchev–Trinajstić information content (AvgIpc) is 3.39. The molecule has 1 N–H and O–H groups in total. The van der Waals surface area contributed by atoms with Crippen LogP contribution in [0.1, 0.15) is 36.5 Å². The Balaban J connectivity index is 1.37. The van der Waals surface area contributed by atoms with Crippen LogP contribution in [0.3, 0.4) is 0 Å². The number of hydrogen-bond donors (Lipinski definition) is 1. The first-order valence-corrected chi connectivity index (χ1v) is 10.7. The fraction of sp³-hybridized carbons (Fsp3) is 0.421. The topological polar surface area (TPSA) is 81.2 Å². The first kappa shape index (κ1) is 18.3. The van der Waals surface area contributed by atoms with Crippen LogP contribution in [0.15, 0.2) is 38.5 Å². The van der Waals surface area contributed by atoms with Crippen molar-refractivity contribution in [3.63, 3.8) is 0 Å². The van der Waals surface area contributed by atoms with Gasteiger partial charge in [0.1, 0.15) is 5.76 Å². The summed E-state index contributed by atoms with van der Waals surface area (Å²) in [6.07, 6.45) is 5.07. The van der Waals surface area contributed by atoms with Gasteiger partial charge in [0.15, 0.2) is 0 Å². The largest absolute Gasteiger partial charge is 0.467 e. The lowest BCUT2D eigenvalue weighted by atomic mass is 9.90. The molecule has 2 atom stereocenters. The minimum absolute atomic E-state index is 0.100. The molecule has 0 spiro atoms. The molecule has 6 nitrogen and oxygen atoms in total. The molecule has 0 aromatic carbocycles. The molecule has 8 heteroatoms. The summed E-state index contributed by atoms with van der Waals surface area (Å²) >= 11 is 3.00. The van der Waals surface area contributed by atoms with Crippen LogP contribution < -0.4 is 5.32 Å². The normalized spacial score (nSPS) is 17.5. The monoisotopic (exact) mass is 403 g/mol. The standard InChI is InChI=1S/C19H21N3O3S2/c1-11-5-6-15-13(8-11)9-16(27-15)18-21-22-19(25-18)26-12(2)17(23)20-10-14-4-3-7-24-14/h3-4,7,9,11-12H,5-6,8,10H2,1-2H3,(H,20,23)/t11-,12+/m1/s1. The summed E-state index contributed by atoms with van der Waals surface area (Å²) in [5, 5.41) is 11.2. The predicted molar refractivity (Wildman–Crippen MR) is 105 cm³/mol. The van der Waals surface area contributed by atoms with E-state index in [-0.39, 0.29) is 11.2 Å². The molecule has 1 amide bonds. The predicted octanol–water partition coefficient (Wildman–Crippen LogP) is 4.31. The van der Waals surface area contributed by atoms with Gasteiger partial charge in [0, 0.05) is 4.88 Å². The third kappa shape index (κ3) is 4.27. The molecule has 0 saturated heterocycles. The minimum atomic E-state index is -0.342.